The van der Waals surface area contributed by atoms with Gasteiger partial charge in [-0.15, -0.1) is 0 Å². The van der Waals surface area contributed by atoms with Crippen LogP contribution in [0.5, 0.6) is 0 Å². The number of amides is 1. The number of para-hydroxylation sites is 1. The molecule has 0 fully saturated rings. The number of carbonyl (C=O) groups excluding carboxylic acids is 1. The van der Waals surface area contributed by atoms with Crippen LogP contribution in [0.25, 0.3) is 6.08 Å². The highest BCUT2D eigenvalue weighted by atomic mass is 35.5. The summed E-state index contributed by atoms with van der Waals surface area (Å²) in [6.45, 7) is 0. The minimum absolute atomic E-state index is 0.0301. The number of aromatic nitrogens is 2. The van der Waals surface area contributed by atoms with E-state index in [4.69, 9.17) is 11.6 Å². The number of nitrogens with zero attached hydrogens (tertiary/aromatic N) is 2. The van der Waals surface area contributed by atoms with Gasteiger partial charge < -0.3 is 15.7 Å². The van der Waals surface area contributed by atoms with Crippen molar-refractivity contribution in [3.05, 3.63) is 94.8 Å². The molecule has 0 saturated carbocycles. The van der Waals surface area contributed by atoms with E-state index in [0.29, 0.717) is 16.5 Å². The van der Waals surface area contributed by atoms with Crippen LogP contribution >= 0.6 is 11.6 Å². The van der Waals surface area contributed by atoms with Crippen molar-refractivity contribution < 1.29 is 14.7 Å². The van der Waals surface area contributed by atoms with Gasteiger partial charge in [-0.05, 0) is 23.8 Å². The van der Waals surface area contributed by atoms with Gasteiger partial charge in [0.25, 0.3) is 5.91 Å². The molecule has 0 saturated heterocycles. The summed E-state index contributed by atoms with van der Waals surface area (Å²) in [6.07, 6.45) is 6.64. The molecule has 150 valence electrons. The maximum absolute atomic E-state index is 12.8. The van der Waals surface area contributed by atoms with Crippen molar-refractivity contribution in [1.29, 1.82) is 0 Å². The normalized spacial score (nSPS) is 15.2. The van der Waals surface area contributed by atoms with Gasteiger partial charge in [0.05, 0.1) is 22.9 Å². The Bertz CT molecular complexity index is 1170. The fraction of sp³-hybridized carbons (Fsp3) is 0.0455. The largest absolute Gasteiger partial charge is 0.477 e. The molecule has 1 amide bonds. The van der Waals surface area contributed by atoms with Gasteiger partial charge in [-0.1, -0.05) is 66.2 Å². The lowest BCUT2D eigenvalue weighted by molar-refractivity contribution is -0.132. The first-order chi connectivity index (χ1) is 14.5. The highest BCUT2D eigenvalue weighted by Crippen LogP contribution is 2.30. The molecule has 0 bridgehead atoms. The van der Waals surface area contributed by atoms with Gasteiger partial charge in [-0.2, -0.15) is 5.10 Å². The lowest BCUT2D eigenvalue weighted by atomic mass is 10.1. The van der Waals surface area contributed by atoms with Crippen LogP contribution in [-0.2, 0) is 4.79 Å². The van der Waals surface area contributed by atoms with Crippen molar-refractivity contribution in [2.24, 2.45) is 0 Å². The van der Waals surface area contributed by atoms with Crippen LogP contribution in [0.15, 0.2) is 78.6 Å². The third-order valence-corrected chi connectivity index (χ3v) is 4.88. The minimum atomic E-state index is -1.13. The summed E-state index contributed by atoms with van der Waals surface area (Å²) in [6, 6.07) is 16.0. The van der Waals surface area contributed by atoms with Crippen LogP contribution in [0.2, 0.25) is 5.02 Å². The summed E-state index contributed by atoms with van der Waals surface area (Å²) in [4.78, 5) is 24.4. The zero-order valence-electron chi connectivity index (χ0n) is 15.6. The van der Waals surface area contributed by atoms with Crippen LogP contribution in [0.3, 0.4) is 0 Å². The highest BCUT2D eigenvalue weighted by Gasteiger charge is 2.27. The van der Waals surface area contributed by atoms with Gasteiger partial charge in [0, 0.05) is 0 Å². The molecule has 30 heavy (non-hydrogen) atoms. The molecule has 7 nitrogen and oxygen atoms in total. The van der Waals surface area contributed by atoms with E-state index in [1.165, 1.54) is 12.3 Å². The molecular weight excluding hydrogens is 404 g/mol. The van der Waals surface area contributed by atoms with E-state index in [1.807, 2.05) is 42.5 Å². The SMILES string of the molecule is O=C(O)C1=C[C@H](/C=C/c2ccccc2)n2ncc(C(=O)Nc3ccccc3Cl)c2N1. The van der Waals surface area contributed by atoms with Gasteiger partial charge in [-0.3, -0.25) is 4.79 Å². The first-order valence-corrected chi connectivity index (χ1v) is 9.49. The van der Waals surface area contributed by atoms with E-state index in [9.17, 15) is 14.7 Å². The minimum Gasteiger partial charge on any atom is -0.477 e. The second-order valence-corrected chi connectivity index (χ2v) is 6.96. The zero-order valence-corrected chi connectivity index (χ0v) is 16.4. The average Bonchev–Trinajstić information content (AvgIpc) is 3.18. The van der Waals surface area contributed by atoms with E-state index in [0.717, 1.165) is 5.56 Å². The van der Waals surface area contributed by atoms with E-state index in [-0.39, 0.29) is 11.3 Å². The van der Waals surface area contributed by atoms with Crippen LogP contribution in [0.4, 0.5) is 11.5 Å². The summed E-state index contributed by atoms with van der Waals surface area (Å²) >= 11 is 6.11. The van der Waals surface area contributed by atoms with Crippen LogP contribution in [0, 0.1) is 0 Å². The smallest absolute Gasteiger partial charge is 0.352 e. The summed E-state index contributed by atoms with van der Waals surface area (Å²) in [7, 11) is 0. The van der Waals surface area contributed by atoms with E-state index >= 15 is 0 Å². The Morgan fingerprint density at radius 3 is 2.60 bits per heavy atom. The molecule has 0 radical (unpaired) electrons. The molecule has 8 heteroatoms. The predicted molar refractivity (Wildman–Crippen MR) is 115 cm³/mol. The Morgan fingerprint density at radius 1 is 1.13 bits per heavy atom. The maximum Gasteiger partial charge on any atom is 0.352 e. The molecule has 3 aromatic rings. The number of carboxylic acid groups (broad SMARTS) is 1. The highest BCUT2D eigenvalue weighted by molar-refractivity contribution is 6.34. The number of aliphatic carboxylic acids is 1. The fourth-order valence-electron chi connectivity index (χ4n) is 3.08. The molecule has 1 aromatic heterocycles. The molecule has 1 atom stereocenters. The van der Waals surface area contributed by atoms with Gasteiger partial charge in [0.1, 0.15) is 17.1 Å². The second kappa shape index (κ2) is 8.26. The van der Waals surface area contributed by atoms with Gasteiger partial charge in [0.2, 0.25) is 0 Å². The average molecular weight is 421 g/mol. The number of rotatable bonds is 5. The topological polar surface area (TPSA) is 96.2 Å². The monoisotopic (exact) mass is 420 g/mol. The number of hydrogen-bond acceptors (Lipinski definition) is 4. The number of nitrogens with one attached hydrogen (secondary N) is 2. The Hall–Kier alpha value is -3.84. The number of fused-ring (bicyclic) bond motifs is 1. The summed E-state index contributed by atoms with van der Waals surface area (Å²) in [5, 5.41) is 19.7. The molecule has 4 rings (SSSR count). The van der Waals surface area contributed by atoms with Gasteiger partial charge in [-0.25, -0.2) is 9.48 Å². The molecule has 2 aromatic carbocycles. The molecule has 0 aliphatic carbocycles. The van der Waals surface area contributed by atoms with E-state index in [1.54, 1.807) is 28.9 Å². The first kappa shape index (κ1) is 19.5. The van der Waals surface area contributed by atoms with Crippen LogP contribution < -0.4 is 10.6 Å². The molecule has 0 unspecified atom stereocenters. The lowest BCUT2D eigenvalue weighted by Crippen LogP contribution is -2.24. The number of benzene rings is 2. The number of halogens is 1. The quantitative estimate of drug-likeness (QED) is 0.567. The van der Waals surface area contributed by atoms with E-state index < -0.39 is 17.9 Å². The van der Waals surface area contributed by atoms with Crippen molar-refractivity contribution >= 4 is 41.1 Å². The summed E-state index contributed by atoms with van der Waals surface area (Å²) < 4.78 is 1.56. The predicted octanol–water partition coefficient (Wildman–Crippen LogP) is 4.44. The molecule has 1 aliphatic rings. The Kier molecular flexibility index (Phi) is 5.36. The molecule has 1 aliphatic heterocycles. The van der Waals surface area contributed by atoms with Gasteiger partial charge in [0.15, 0.2) is 0 Å². The van der Waals surface area contributed by atoms with Crippen molar-refractivity contribution in [3.63, 3.8) is 0 Å². The van der Waals surface area contributed by atoms with Gasteiger partial charge >= 0.3 is 5.97 Å². The third kappa shape index (κ3) is 3.97. The number of carbonyl (C=O) groups is 2. The first-order valence-electron chi connectivity index (χ1n) is 9.11. The molecule has 3 N–H and O–H groups in total. The number of allylic oxidation sites excluding steroid dienone is 2. The summed E-state index contributed by atoms with van der Waals surface area (Å²) in [5.74, 6) is -1.28. The molecule has 0 spiro atoms. The lowest BCUT2D eigenvalue weighted by Gasteiger charge is -2.22. The van der Waals surface area contributed by atoms with Crippen LogP contribution in [0.1, 0.15) is 22.0 Å². The summed E-state index contributed by atoms with van der Waals surface area (Å²) in [5.41, 5.74) is 1.60. The fourth-order valence-corrected chi connectivity index (χ4v) is 3.26. The van der Waals surface area contributed by atoms with Crippen molar-refractivity contribution in [3.8, 4) is 0 Å². The van der Waals surface area contributed by atoms with Crippen LogP contribution in [-0.4, -0.2) is 26.8 Å². The zero-order chi connectivity index (χ0) is 21.1. The Labute approximate surface area is 177 Å². The second-order valence-electron chi connectivity index (χ2n) is 6.56. The van der Waals surface area contributed by atoms with E-state index in [2.05, 4.69) is 15.7 Å². The Balaban J connectivity index is 1.66. The van der Waals surface area contributed by atoms with Crippen molar-refractivity contribution in [1.82, 2.24) is 9.78 Å². The number of anilines is 2. The standard InChI is InChI=1S/C22H17ClN4O3/c23-17-8-4-5-9-18(17)26-21(28)16-13-24-27-15(11-10-14-6-2-1-3-7-14)12-19(22(29)30)25-20(16)27/h1-13,15,25H,(H,26,28)(H,29,30)/b11-10+/t15-/m0/s1. The number of carboxylic acids is 1. The third-order valence-electron chi connectivity index (χ3n) is 4.55. The molecular formula is C22H17ClN4O3. The Morgan fingerprint density at radius 2 is 1.87 bits per heavy atom. The number of hydrogen-bond donors (Lipinski definition) is 3. The van der Waals surface area contributed by atoms with Crippen molar-refractivity contribution in [2.45, 2.75) is 6.04 Å². The molecule has 2 heterocycles. The van der Waals surface area contributed by atoms with Crippen molar-refractivity contribution in [2.75, 3.05) is 10.6 Å². The maximum atomic E-state index is 12.8.